The SMILES string of the molecule is CC(CC(=O)OCc1csc2ccccc12)NC(=O)c1ccccc1. The maximum Gasteiger partial charge on any atom is 0.308 e. The van der Waals surface area contributed by atoms with Crippen LogP contribution in [0.4, 0.5) is 0 Å². The molecule has 0 fully saturated rings. The predicted molar refractivity (Wildman–Crippen MR) is 99.6 cm³/mol. The zero-order valence-electron chi connectivity index (χ0n) is 13.9. The van der Waals surface area contributed by atoms with E-state index in [9.17, 15) is 9.59 Å². The van der Waals surface area contributed by atoms with Crippen LogP contribution in [-0.4, -0.2) is 17.9 Å². The smallest absolute Gasteiger partial charge is 0.308 e. The molecule has 0 aliphatic heterocycles. The van der Waals surface area contributed by atoms with Crippen LogP contribution in [0.15, 0.2) is 60.0 Å². The topological polar surface area (TPSA) is 55.4 Å². The van der Waals surface area contributed by atoms with E-state index in [-0.39, 0.29) is 30.9 Å². The number of fused-ring (bicyclic) bond motifs is 1. The molecule has 5 heteroatoms. The molecule has 0 spiro atoms. The molecular formula is C20H19NO3S. The normalized spacial score (nSPS) is 11.9. The average molecular weight is 353 g/mol. The number of carbonyl (C=O) groups excluding carboxylic acids is 2. The fraction of sp³-hybridized carbons (Fsp3) is 0.200. The first kappa shape index (κ1) is 17.2. The van der Waals surface area contributed by atoms with Gasteiger partial charge in [-0.1, -0.05) is 36.4 Å². The maximum atomic E-state index is 12.1. The van der Waals surface area contributed by atoms with E-state index in [1.54, 1.807) is 42.5 Å². The Kier molecular flexibility index (Phi) is 5.46. The fourth-order valence-electron chi connectivity index (χ4n) is 2.56. The Labute approximate surface area is 150 Å². The standard InChI is InChI=1S/C20H19NO3S/c1-14(21-20(23)15-7-3-2-4-8-15)11-19(22)24-12-16-13-25-18-10-6-5-9-17(16)18/h2-10,13-14H,11-12H2,1H3,(H,21,23). The number of benzene rings is 2. The van der Waals surface area contributed by atoms with E-state index in [1.807, 2.05) is 35.7 Å². The first-order valence-electron chi connectivity index (χ1n) is 8.10. The second-order valence-corrected chi connectivity index (χ2v) is 6.77. The lowest BCUT2D eigenvalue weighted by atomic mass is 10.2. The lowest BCUT2D eigenvalue weighted by Crippen LogP contribution is -2.34. The second kappa shape index (κ2) is 7.94. The molecule has 1 heterocycles. The summed E-state index contributed by atoms with van der Waals surface area (Å²) in [5, 5.41) is 5.94. The number of amides is 1. The largest absolute Gasteiger partial charge is 0.461 e. The Morgan fingerprint density at radius 3 is 2.60 bits per heavy atom. The van der Waals surface area contributed by atoms with Gasteiger partial charge in [-0.3, -0.25) is 9.59 Å². The molecule has 25 heavy (non-hydrogen) atoms. The minimum atomic E-state index is -0.323. The van der Waals surface area contributed by atoms with Crippen LogP contribution >= 0.6 is 11.3 Å². The minimum Gasteiger partial charge on any atom is -0.461 e. The zero-order valence-corrected chi connectivity index (χ0v) is 14.7. The van der Waals surface area contributed by atoms with Gasteiger partial charge in [0.2, 0.25) is 0 Å². The summed E-state index contributed by atoms with van der Waals surface area (Å²) in [6.45, 7) is 2.05. The average Bonchev–Trinajstić information content (AvgIpc) is 3.04. The van der Waals surface area contributed by atoms with Crippen LogP contribution in [0.3, 0.4) is 0 Å². The molecule has 3 aromatic rings. The van der Waals surface area contributed by atoms with Crippen molar-refractivity contribution < 1.29 is 14.3 Å². The molecule has 1 amide bonds. The van der Waals surface area contributed by atoms with Crippen molar-refractivity contribution in [3.63, 3.8) is 0 Å². The molecule has 3 rings (SSSR count). The Morgan fingerprint density at radius 2 is 1.80 bits per heavy atom. The van der Waals surface area contributed by atoms with Gasteiger partial charge in [-0.15, -0.1) is 11.3 Å². The van der Waals surface area contributed by atoms with Crippen LogP contribution in [-0.2, 0) is 16.1 Å². The van der Waals surface area contributed by atoms with Crippen LogP contribution in [0.25, 0.3) is 10.1 Å². The van der Waals surface area contributed by atoms with Crippen molar-refractivity contribution in [2.45, 2.75) is 26.0 Å². The van der Waals surface area contributed by atoms with Gasteiger partial charge in [0.25, 0.3) is 5.91 Å². The molecule has 0 radical (unpaired) electrons. The van der Waals surface area contributed by atoms with Crippen LogP contribution in [0.1, 0.15) is 29.3 Å². The molecule has 0 aliphatic carbocycles. The van der Waals surface area contributed by atoms with E-state index in [4.69, 9.17) is 4.74 Å². The number of esters is 1. The van der Waals surface area contributed by atoms with Crippen LogP contribution in [0.2, 0.25) is 0 Å². The number of thiophene rings is 1. The van der Waals surface area contributed by atoms with Gasteiger partial charge in [-0.2, -0.15) is 0 Å². The van der Waals surface area contributed by atoms with Crippen molar-refractivity contribution in [1.29, 1.82) is 0 Å². The van der Waals surface area contributed by atoms with Crippen LogP contribution < -0.4 is 5.32 Å². The van der Waals surface area contributed by atoms with E-state index in [2.05, 4.69) is 5.32 Å². The number of hydrogen-bond acceptors (Lipinski definition) is 4. The maximum absolute atomic E-state index is 12.1. The van der Waals surface area contributed by atoms with Crippen molar-refractivity contribution in [2.24, 2.45) is 0 Å². The lowest BCUT2D eigenvalue weighted by Gasteiger charge is -2.13. The van der Waals surface area contributed by atoms with E-state index in [0.29, 0.717) is 5.56 Å². The summed E-state index contributed by atoms with van der Waals surface area (Å²) in [5.41, 5.74) is 1.59. The minimum absolute atomic E-state index is 0.140. The third-order valence-electron chi connectivity index (χ3n) is 3.84. The summed E-state index contributed by atoms with van der Waals surface area (Å²) in [5.74, 6) is -0.513. The van der Waals surface area contributed by atoms with Gasteiger partial charge in [0.15, 0.2) is 0 Å². The van der Waals surface area contributed by atoms with Gasteiger partial charge >= 0.3 is 5.97 Å². The Hall–Kier alpha value is -2.66. The highest BCUT2D eigenvalue weighted by molar-refractivity contribution is 7.17. The molecule has 128 valence electrons. The van der Waals surface area contributed by atoms with Gasteiger partial charge in [-0.05, 0) is 35.9 Å². The number of rotatable bonds is 6. The van der Waals surface area contributed by atoms with Crippen molar-refractivity contribution in [3.05, 3.63) is 71.1 Å². The van der Waals surface area contributed by atoms with Crippen molar-refractivity contribution in [1.82, 2.24) is 5.32 Å². The quantitative estimate of drug-likeness (QED) is 0.677. The Balaban J connectivity index is 1.49. The highest BCUT2D eigenvalue weighted by Gasteiger charge is 2.14. The van der Waals surface area contributed by atoms with Gasteiger partial charge in [-0.25, -0.2) is 0 Å². The molecule has 0 saturated heterocycles. The molecule has 4 nitrogen and oxygen atoms in total. The highest BCUT2D eigenvalue weighted by atomic mass is 32.1. The number of ether oxygens (including phenoxy) is 1. The Bertz CT molecular complexity index is 873. The number of hydrogen-bond donors (Lipinski definition) is 1. The molecule has 2 aromatic carbocycles. The Morgan fingerprint density at radius 1 is 1.08 bits per heavy atom. The van der Waals surface area contributed by atoms with Gasteiger partial charge < -0.3 is 10.1 Å². The van der Waals surface area contributed by atoms with E-state index in [0.717, 1.165) is 10.9 Å². The molecule has 0 bridgehead atoms. The monoisotopic (exact) mass is 353 g/mol. The number of nitrogens with one attached hydrogen (secondary N) is 1. The summed E-state index contributed by atoms with van der Waals surface area (Å²) < 4.78 is 6.55. The molecular weight excluding hydrogens is 334 g/mol. The van der Waals surface area contributed by atoms with Crippen LogP contribution in [0.5, 0.6) is 0 Å². The third kappa shape index (κ3) is 4.45. The van der Waals surface area contributed by atoms with E-state index >= 15 is 0 Å². The van der Waals surface area contributed by atoms with E-state index in [1.165, 1.54) is 4.70 Å². The van der Waals surface area contributed by atoms with Crippen molar-refractivity contribution in [3.8, 4) is 0 Å². The highest BCUT2D eigenvalue weighted by Crippen LogP contribution is 2.26. The van der Waals surface area contributed by atoms with Crippen LogP contribution in [0, 0.1) is 0 Å². The predicted octanol–water partition coefficient (Wildman–Crippen LogP) is 4.15. The summed E-state index contributed by atoms with van der Waals surface area (Å²) in [4.78, 5) is 24.1. The zero-order chi connectivity index (χ0) is 17.6. The fourth-order valence-corrected chi connectivity index (χ4v) is 3.51. The van der Waals surface area contributed by atoms with Crippen molar-refractivity contribution >= 4 is 33.3 Å². The molecule has 1 N–H and O–H groups in total. The van der Waals surface area contributed by atoms with Gasteiger partial charge in [0.05, 0.1) is 6.42 Å². The summed E-state index contributed by atoms with van der Waals surface area (Å²) >= 11 is 1.64. The number of carbonyl (C=O) groups is 2. The van der Waals surface area contributed by atoms with Crippen molar-refractivity contribution in [2.75, 3.05) is 0 Å². The lowest BCUT2D eigenvalue weighted by molar-refractivity contribution is -0.145. The molecule has 1 atom stereocenters. The summed E-state index contributed by atoms with van der Waals surface area (Å²) in [7, 11) is 0. The molecule has 1 aromatic heterocycles. The first-order valence-corrected chi connectivity index (χ1v) is 8.98. The van der Waals surface area contributed by atoms with E-state index < -0.39 is 0 Å². The third-order valence-corrected chi connectivity index (χ3v) is 4.85. The second-order valence-electron chi connectivity index (χ2n) is 5.86. The molecule has 0 aliphatic rings. The summed E-state index contributed by atoms with van der Waals surface area (Å²) in [6, 6.07) is 16.7. The first-order chi connectivity index (χ1) is 12.1. The molecule has 1 unspecified atom stereocenters. The summed E-state index contributed by atoms with van der Waals surface area (Å²) in [6.07, 6.45) is 0.140. The van der Waals surface area contributed by atoms with Gasteiger partial charge in [0.1, 0.15) is 6.61 Å². The van der Waals surface area contributed by atoms with Gasteiger partial charge in [0, 0.05) is 21.9 Å². The molecule has 0 saturated carbocycles.